The molecule has 3 unspecified atom stereocenters. The van der Waals surface area contributed by atoms with E-state index >= 15 is 0 Å². The molecule has 1 N–H and O–H groups in total. The highest BCUT2D eigenvalue weighted by Gasteiger charge is 2.61. The third kappa shape index (κ3) is 3.06. The maximum atomic E-state index is 6.24. The lowest BCUT2D eigenvalue weighted by Crippen LogP contribution is -2.38. The Hall–Kier alpha value is -0.0800. The highest BCUT2D eigenvalue weighted by molar-refractivity contribution is 5.11. The molecule has 0 spiro atoms. The highest BCUT2D eigenvalue weighted by atomic mass is 16.5. The smallest absolute Gasteiger partial charge is 0.0637 e. The van der Waals surface area contributed by atoms with E-state index in [-0.39, 0.29) is 0 Å². The third-order valence-corrected chi connectivity index (χ3v) is 6.52. The zero-order valence-electron chi connectivity index (χ0n) is 14.1. The van der Waals surface area contributed by atoms with Crippen LogP contribution in [0.15, 0.2) is 0 Å². The molecular weight excluding hydrogens is 246 g/mol. The van der Waals surface area contributed by atoms with Crippen molar-refractivity contribution in [2.45, 2.75) is 78.7 Å². The van der Waals surface area contributed by atoms with Gasteiger partial charge in [0, 0.05) is 6.54 Å². The second-order valence-corrected chi connectivity index (χ2v) is 7.78. The Morgan fingerprint density at radius 3 is 2.50 bits per heavy atom. The average Bonchev–Trinajstić information content (AvgIpc) is 2.75. The molecule has 0 aliphatic heterocycles. The molecule has 2 bridgehead atoms. The number of rotatable bonds is 9. The van der Waals surface area contributed by atoms with E-state index in [1.807, 2.05) is 0 Å². The first kappa shape index (κ1) is 16.3. The molecule has 0 heterocycles. The summed E-state index contributed by atoms with van der Waals surface area (Å²) >= 11 is 0. The first-order valence-corrected chi connectivity index (χ1v) is 8.84. The maximum Gasteiger partial charge on any atom is 0.0637 e. The van der Waals surface area contributed by atoms with Crippen LogP contribution in [-0.2, 0) is 4.74 Å². The predicted octanol–water partition coefficient (Wildman–Crippen LogP) is 4.39. The van der Waals surface area contributed by atoms with E-state index in [9.17, 15) is 0 Å². The number of hydrogen-bond donors (Lipinski definition) is 1. The fraction of sp³-hybridized carbons (Fsp3) is 1.00. The summed E-state index contributed by atoms with van der Waals surface area (Å²) in [6.45, 7) is 12.7. The van der Waals surface area contributed by atoms with Crippen LogP contribution in [0.25, 0.3) is 0 Å². The van der Waals surface area contributed by atoms with E-state index in [1.54, 1.807) is 0 Å². The van der Waals surface area contributed by atoms with Crippen LogP contribution < -0.4 is 5.32 Å². The summed E-state index contributed by atoms with van der Waals surface area (Å²) in [5.74, 6) is 0.888. The monoisotopic (exact) mass is 281 g/mol. The second kappa shape index (κ2) is 6.79. The van der Waals surface area contributed by atoms with Gasteiger partial charge in [0.15, 0.2) is 0 Å². The van der Waals surface area contributed by atoms with E-state index < -0.39 is 0 Å². The highest BCUT2D eigenvalue weighted by Crippen LogP contribution is 2.66. The van der Waals surface area contributed by atoms with E-state index in [2.05, 4.69) is 33.0 Å². The molecule has 2 rings (SSSR count). The first-order chi connectivity index (χ1) is 9.52. The van der Waals surface area contributed by atoms with Crippen LogP contribution >= 0.6 is 0 Å². The van der Waals surface area contributed by atoms with Gasteiger partial charge in [-0.2, -0.15) is 0 Å². The van der Waals surface area contributed by atoms with Gasteiger partial charge in [0.25, 0.3) is 0 Å². The van der Waals surface area contributed by atoms with Crippen LogP contribution in [0.1, 0.15) is 72.6 Å². The van der Waals surface area contributed by atoms with Crippen LogP contribution in [0.2, 0.25) is 0 Å². The summed E-state index contributed by atoms with van der Waals surface area (Å²) in [4.78, 5) is 0. The number of fused-ring (bicyclic) bond motifs is 2. The van der Waals surface area contributed by atoms with Crippen LogP contribution in [0.4, 0.5) is 0 Å². The van der Waals surface area contributed by atoms with Crippen molar-refractivity contribution < 1.29 is 4.74 Å². The molecule has 2 nitrogen and oxygen atoms in total. The minimum absolute atomic E-state index is 0.415. The van der Waals surface area contributed by atoms with Gasteiger partial charge in [0.05, 0.1) is 12.7 Å². The van der Waals surface area contributed by atoms with Gasteiger partial charge < -0.3 is 10.1 Å². The summed E-state index contributed by atoms with van der Waals surface area (Å²) in [7, 11) is 0. The Labute approximate surface area is 126 Å². The summed E-state index contributed by atoms with van der Waals surface area (Å²) in [5, 5.41) is 3.52. The molecule has 0 aromatic heterocycles. The maximum absolute atomic E-state index is 6.24. The molecular formula is C18H35NO. The average molecular weight is 281 g/mol. The molecule has 2 aliphatic rings. The van der Waals surface area contributed by atoms with E-state index in [0.29, 0.717) is 16.9 Å². The van der Waals surface area contributed by atoms with Crippen LogP contribution in [0.3, 0.4) is 0 Å². The normalized spacial score (nSPS) is 34.8. The largest absolute Gasteiger partial charge is 0.376 e. The zero-order chi connectivity index (χ0) is 14.6. The van der Waals surface area contributed by atoms with Crippen LogP contribution in [-0.4, -0.2) is 25.8 Å². The van der Waals surface area contributed by atoms with Crippen LogP contribution in [0, 0.1) is 16.7 Å². The number of ether oxygens (including phenoxy) is 1. The molecule has 118 valence electrons. The minimum atomic E-state index is 0.415. The van der Waals surface area contributed by atoms with Gasteiger partial charge in [-0.1, -0.05) is 47.0 Å². The van der Waals surface area contributed by atoms with E-state index in [0.717, 1.165) is 25.6 Å². The Bertz CT molecular complexity index is 302. The number of hydrogen-bond acceptors (Lipinski definition) is 2. The van der Waals surface area contributed by atoms with Crippen molar-refractivity contribution in [3.63, 3.8) is 0 Å². The number of nitrogens with one attached hydrogen (secondary N) is 1. The van der Waals surface area contributed by atoms with Crippen molar-refractivity contribution in [1.29, 1.82) is 0 Å². The SMILES string of the molecule is CCCCCCNCCOC1CC2CCC1(C)C2(C)C. The van der Waals surface area contributed by atoms with Crippen molar-refractivity contribution >= 4 is 0 Å². The fourth-order valence-corrected chi connectivity index (χ4v) is 4.46. The standard InChI is InChI=1S/C18H35NO/c1-5-6-7-8-11-19-12-13-20-16-14-15-9-10-18(16,4)17(15,2)3/h15-16,19H,5-14H2,1-4H3. The quantitative estimate of drug-likeness (QED) is 0.633. The number of unbranched alkanes of at least 4 members (excludes halogenated alkanes) is 3. The van der Waals surface area contributed by atoms with Crippen LogP contribution in [0.5, 0.6) is 0 Å². The second-order valence-electron chi connectivity index (χ2n) is 7.78. The fourth-order valence-electron chi connectivity index (χ4n) is 4.46. The van der Waals surface area contributed by atoms with Crippen molar-refractivity contribution in [2.75, 3.05) is 19.7 Å². The summed E-state index contributed by atoms with van der Waals surface area (Å²) in [6.07, 6.45) is 9.93. The topological polar surface area (TPSA) is 21.3 Å². The predicted molar refractivity (Wildman–Crippen MR) is 86.0 cm³/mol. The minimum Gasteiger partial charge on any atom is -0.376 e. The molecule has 0 aromatic rings. The summed E-state index contributed by atoms with van der Waals surface area (Å²) in [6, 6.07) is 0. The lowest BCUT2D eigenvalue weighted by atomic mass is 9.70. The Morgan fingerprint density at radius 2 is 1.90 bits per heavy atom. The molecule has 0 saturated heterocycles. The molecule has 2 saturated carbocycles. The van der Waals surface area contributed by atoms with E-state index in [1.165, 1.54) is 44.9 Å². The van der Waals surface area contributed by atoms with Gasteiger partial charge in [-0.15, -0.1) is 0 Å². The van der Waals surface area contributed by atoms with Gasteiger partial charge in [-0.3, -0.25) is 0 Å². The van der Waals surface area contributed by atoms with Gasteiger partial charge in [-0.05, 0) is 49.0 Å². The summed E-state index contributed by atoms with van der Waals surface area (Å²) < 4.78 is 6.24. The molecule has 2 heteroatoms. The Morgan fingerprint density at radius 1 is 1.10 bits per heavy atom. The van der Waals surface area contributed by atoms with Gasteiger partial charge in [0.2, 0.25) is 0 Å². The Kier molecular flexibility index (Phi) is 5.53. The lowest BCUT2D eigenvalue weighted by molar-refractivity contribution is -0.0449. The lowest BCUT2D eigenvalue weighted by Gasteiger charge is -2.38. The Balaban J connectivity index is 1.59. The molecule has 20 heavy (non-hydrogen) atoms. The van der Waals surface area contributed by atoms with Crippen molar-refractivity contribution in [3.05, 3.63) is 0 Å². The van der Waals surface area contributed by atoms with Gasteiger partial charge in [0.1, 0.15) is 0 Å². The third-order valence-electron chi connectivity index (χ3n) is 6.52. The van der Waals surface area contributed by atoms with Crippen molar-refractivity contribution in [2.24, 2.45) is 16.7 Å². The van der Waals surface area contributed by atoms with Gasteiger partial charge in [-0.25, -0.2) is 0 Å². The zero-order valence-corrected chi connectivity index (χ0v) is 14.1. The molecule has 0 aromatic carbocycles. The summed E-state index contributed by atoms with van der Waals surface area (Å²) in [5.41, 5.74) is 0.893. The molecule has 0 amide bonds. The molecule has 3 atom stereocenters. The van der Waals surface area contributed by atoms with Gasteiger partial charge >= 0.3 is 0 Å². The first-order valence-electron chi connectivity index (χ1n) is 8.84. The van der Waals surface area contributed by atoms with E-state index in [4.69, 9.17) is 4.74 Å². The molecule has 2 fully saturated rings. The van der Waals surface area contributed by atoms with Crippen molar-refractivity contribution in [3.8, 4) is 0 Å². The molecule has 0 radical (unpaired) electrons. The van der Waals surface area contributed by atoms with Crippen molar-refractivity contribution in [1.82, 2.24) is 5.32 Å². The molecule has 2 aliphatic carbocycles.